The maximum atomic E-state index is 11.1. The SMILES string of the molecule is Cc1c(C(=S)N[C@H](C(=O)O)C(C)C)sc(Br)c1Br. The van der Waals surface area contributed by atoms with E-state index < -0.39 is 12.0 Å². The van der Waals surface area contributed by atoms with Gasteiger partial charge in [-0.25, -0.2) is 4.79 Å². The number of thiocarbonyl (C=S) groups is 1. The van der Waals surface area contributed by atoms with Crippen LogP contribution in [0.3, 0.4) is 0 Å². The highest BCUT2D eigenvalue weighted by Crippen LogP contribution is 2.37. The van der Waals surface area contributed by atoms with Crippen molar-refractivity contribution in [3.05, 3.63) is 18.7 Å². The molecule has 0 amide bonds. The van der Waals surface area contributed by atoms with Crippen molar-refractivity contribution >= 4 is 66.4 Å². The van der Waals surface area contributed by atoms with Crippen LogP contribution in [-0.4, -0.2) is 22.1 Å². The summed E-state index contributed by atoms with van der Waals surface area (Å²) in [6, 6.07) is -0.670. The van der Waals surface area contributed by atoms with Crippen LogP contribution in [-0.2, 0) is 4.79 Å². The average Bonchev–Trinajstić information content (AvgIpc) is 2.52. The monoisotopic (exact) mass is 413 g/mol. The van der Waals surface area contributed by atoms with Crippen LogP contribution < -0.4 is 5.32 Å². The predicted molar refractivity (Wildman–Crippen MR) is 85.6 cm³/mol. The van der Waals surface area contributed by atoms with Crippen LogP contribution in [0.4, 0.5) is 0 Å². The molecule has 0 aliphatic rings. The van der Waals surface area contributed by atoms with Crippen molar-refractivity contribution in [2.24, 2.45) is 5.92 Å². The van der Waals surface area contributed by atoms with Crippen LogP contribution in [0.25, 0.3) is 0 Å². The first-order valence-corrected chi connectivity index (χ1v) is 8.04. The van der Waals surface area contributed by atoms with Crippen LogP contribution in [0.2, 0.25) is 0 Å². The molecule has 7 heteroatoms. The van der Waals surface area contributed by atoms with Gasteiger partial charge in [-0.15, -0.1) is 11.3 Å². The van der Waals surface area contributed by atoms with E-state index in [1.807, 2.05) is 20.8 Å². The van der Waals surface area contributed by atoms with Gasteiger partial charge in [0.05, 0.1) is 8.66 Å². The molecule has 0 radical (unpaired) electrons. The molecular weight excluding hydrogens is 402 g/mol. The van der Waals surface area contributed by atoms with Gasteiger partial charge in [0.1, 0.15) is 11.0 Å². The quantitative estimate of drug-likeness (QED) is 0.732. The summed E-state index contributed by atoms with van der Waals surface area (Å²) < 4.78 is 1.92. The number of hydrogen-bond donors (Lipinski definition) is 2. The first kappa shape index (κ1) is 16.1. The Bertz CT molecular complexity index is 486. The lowest BCUT2D eigenvalue weighted by molar-refractivity contribution is -0.140. The zero-order valence-electron chi connectivity index (χ0n) is 10.1. The third-order valence-corrected chi connectivity index (χ3v) is 6.68. The standard InChI is InChI=1S/C11H13Br2NO2S2/c1-4(2)7(11(15)16)14-10(17)8-5(3)6(12)9(13)18-8/h4,7H,1-3H3,(H,14,17)(H,15,16)/t7-/m0/s1. The molecule has 3 nitrogen and oxygen atoms in total. The molecule has 1 aromatic heterocycles. The minimum Gasteiger partial charge on any atom is -0.480 e. The van der Waals surface area contributed by atoms with E-state index in [0.29, 0.717) is 4.99 Å². The van der Waals surface area contributed by atoms with E-state index >= 15 is 0 Å². The normalized spacial score (nSPS) is 12.6. The topological polar surface area (TPSA) is 49.3 Å². The van der Waals surface area contributed by atoms with Crippen molar-refractivity contribution in [3.8, 4) is 0 Å². The van der Waals surface area contributed by atoms with E-state index in [2.05, 4.69) is 37.2 Å². The Morgan fingerprint density at radius 3 is 2.33 bits per heavy atom. The molecule has 0 unspecified atom stereocenters. The second-order valence-corrected chi connectivity index (χ2v) is 7.72. The van der Waals surface area contributed by atoms with Gasteiger partial charge in [-0.2, -0.15) is 0 Å². The first-order valence-electron chi connectivity index (χ1n) is 5.23. The summed E-state index contributed by atoms with van der Waals surface area (Å²) in [5, 5.41) is 12.0. The Kier molecular flexibility index (Phi) is 5.76. The molecule has 0 saturated carbocycles. The highest BCUT2D eigenvalue weighted by Gasteiger charge is 2.24. The molecule has 0 aromatic carbocycles. The van der Waals surface area contributed by atoms with Gasteiger partial charge in [-0.3, -0.25) is 0 Å². The van der Waals surface area contributed by atoms with Crippen LogP contribution in [0.1, 0.15) is 24.3 Å². The number of thiophene rings is 1. The largest absolute Gasteiger partial charge is 0.480 e. The van der Waals surface area contributed by atoms with Gasteiger partial charge in [-0.1, -0.05) is 26.1 Å². The molecule has 2 N–H and O–H groups in total. The highest BCUT2D eigenvalue weighted by atomic mass is 79.9. The van der Waals surface area contributed by atoms with E-state index in [4.69, 9.17) is 17.3 Å². The lowest BCUT2D eigenvalue weighted by Crippen LogP contribution is -2.43. The Hall–Kier alpha value is 0.0200. The van der Waals surface area contributed by atoms with E-state index in [9.17, 15) is 4.79 Å². The van der Waals surface area contributed by atoms with Gasteiger partial charge in [0.2, 0.25) is 0 Å². The summed E-state index contributed by atoms with van der Waals surface area (Å²) >= 11 is 13.7. The highest BCUT2D eigenvalue weighted by molar-refractivity contribution is 9.13. The summed E-state index contributed by atoms with van der Waals surface area (Å²) in [4.78, 5) is 12.5. The minimum atomic E-state index is -0.889. The molecule has 0 fully saturated rings. The fraction of sp³-hybridized carbons (Fsp3) is 0.455. The molecule has 100 valence electrons. The Morgan fingerprint density at radius 1 is 1.44 bits per heavy atom. The first-order chi connectivity index (χ1) is 8.25. The number of halogens is 2. The molecule has 1 heterocycles. The summed E-state index contributed by atoms with van der Waals surface area (Å²) in [6.45, 7) is 5.64. The molecule has 0 aliphatic carbocycles. The molecule has 0 spiro atoms. The van der Waals surface area contributed by atoms with Gasteiger partial charge in [0, 0.05) is 4.47 Å². The van der Waals surface area contributed by atoms with Gasteiger partial charge < -0.3 is 10.4 Å². The molecule has 0 saturated heterocycles. The second-order valence-electron chi connectivity index (χ2n) is 4.18. The third-order valence-electron chi connectivity index (χ3n) is 2.46. The molecule has 1 rings (SSSR count). The van der Waals surface area contributed by atoms with Gasteiger partial charge in [0.15, 0.2) is 0 Å². The number of aliphatic carboxylic acids is 1. The van der Waals surface area contributed by atoms with Gasteiger partial charge in [0.25, 0.3) is 0 Å². The minimum absolute atomic E-state index is 0.0346. The predicted octanol–water partition coefficient (Wildman–Crippen LogP) is 3.96. The van der Waals surface area contributed by atoms with Crippen molar-refractivity contribution in [2.75, 3.05) is 0 Å². The Balaban J connectivity index is 2.94. The van der Waals surface area contributed by atoms with Crippen LogP contribution in [0, 0.1) is 12.8 Å². The summed E-state index contributed by atoms with van der Waals surface area (Å²) in [5.74, 6) is -0.924. The molecular formula is C11H13Br2NO2S2. The average molecular weight is 415 g/mol. The summed E-state index contributed by atoms with van der Waals surface area (Å²) in [5.41, 5.74) is 1.01. The van der Waals surface area contributed by atoms with Crippen LogP contribution >= 0.6 is 55.4 Å². The smallest absolute Gasteiger partial charge is 0.326 e. The molecule has 18 heavy (non-hydrogen) atoms. The molecule has 0 aliphatic heterocycles. The van der Waals surface area contributed by atoms with Crippen molar-refractivity contribution in [2.45, 2.75) is 26.8 Å². The second kappa shape index (κ2) is 6.45. The lowest BCUT2D eigenvalue weighted by Gasteiger charge is -2.19. The Labute approximate surface area is 132 Å². The van der Waals surface area contributed by atoms with Crippen LogP contribution in [0.5, 0.6) is 0 Å². The third kappa shape index (κ3) is 3.53. The number of carboxylic acid groups (broad SMARTS) is 1. The fourth-order valence-corrected chi connectivity index (χ4v) is 3.98. The van der Waals surface area contributed by atoms with Crippen molar-refractivity contribution < 1.29 is 9.90 Å². The van der Waals surface area contributed by atoms with Crippen molar-refractivity contribution in [1.82, 2.24) is 5.32 Å². The maximum absolute atomic E-state index is 11.1. The van der Waals surface area contributed by atoms with E-state index in [1.54, 1.807) is 0 Å². The Morgan fingerprint density at radius 2 is 2.00 bits per heavy atom. The zero-order valence-corrected chi connectivity index (χ0v) is 14.9. The number of hydrogen-bond acceptors (Lipinski definition) is 3. The molecule has 1 aromatic rings. The maximum Gasteiger partial charge on any atom is 0.326 e. The van der Waals surface area contributed by atoms with Gasteiger partial charge >= 0.3 is 5.97 Å². The lowest BCUT2D eigenvalue weighted by atomic mass is 10.0. The van der Waals surface area contributed by atoms with E-state index in [1.165, 1.54) is 11.3 Å². The van der Waals surface area contributed by atoms with E-state index in [-0.39, 0.29) is 5.92 Å². The number of carbonyl (C=O) groups is 1. The zero-order chi connectivity index (χ0) is 14.0. The number of carboxylic acids is 1. The van der Waals surface area contributed by atoms with Crippen molar-refractivity contribution in [1.29, 1.82) is 0 Å². The van der Waals surface area contributed by atoms with Crippen molar-refractivity contribution in [3.63, 3.8) is 0 Å². The number of rotatable bonds is 4. The fourth-order valence-electron chi connectivity index (χ4n) is 1.40. The summed E-state index contributed by atoms with van der Waals surface area (Å²) in [6.07, 6.45) is 0. The van der Waals surface area contributed by atoms with Crippen LogP contribution in [0.15, 0.2) is 8.26 Å². The molecule has 1 atom stereocenters. The van der Waals surface area contributed by atoms with Gasteiger partial charge in [-0.05, 0) is 50.3 Å². The van der Waals surface area contributed by atoms with E-state index in [0.717, 1.165) is 18.7 Å². The number of nitrogens with one attached hydrogen (secondary N) is 1. The summed E-state index contributed by atoms with van der Waals surface area (Å²) in [7, 11) is 0. The molecule has 0 bridgehead atoms.